The van der Waals surface area contributed by atoms with E-state index in [9.17, 15) is 4.79 Å². The first-order chi connectivity index (χ1) is 8.65. The van der Waals surface area contributed by atoms with Gasteiger partial charge in [-0.3, -0.25) is 4.98 Å². The molecule has 94 valence electrons. The third kappa shape index (κ3) is 2.09. The van der Waals surface area contributed by atoms with E-state index in [1.54, 1.807) is 29.2 Å². The van der Waals surface area contributed by atoms with E-state index in [4.69, 9.17) is 5.11 Å². The number of carboxylic acid groups (broad SMARTS) is 1. The number of rotatable bonds is 4. The van der Waals surface area contributed by atoms with E-state index in [0.717, 1.165) is 12.0 Å². The maximum atomic E-state index is 11.2. The summed E-state index contributed by atoms with van der Waals surface area (Å²) in [6, 6.07) is 3.60. The summed E-state index contributed by atoms with van der Waals surface area (Å²) in [5.74, 6) is -1.07. The summed E-state index contributed by atoms with van der Waals surface area (Å²) in [4.78, 5) is 15.1. The summed E-state index contributed by atoms with van der Waals surface area (Å²) in [6.07, 6.45) is 4.09. The second-order valence-electron chi connectivity index (χ2n) is 4.03. The van der Waals surface area contributed by atoms with Gasteiger partial charge in [0.2, 0.25) is 0 Å². The third-order valence-electron chi connectivity index (χ3n) is 2.86. The van der Waals surface area contributed by atoms with E-state index in [-0.39, 0.29) is 11.7 Å². The smallest absolute Gasteiger partial charge is 0.358 e. The lowest BCUT2D eigenvalue weighted by Gasteiger charge is -2.12. The van der Waals surface area contributed by atoms with Gasteiger partial charge in [-0.15, -0.1) is 5.10 Å². The van der Waals surface area contributed by atoms with E-state index in [2.05, 4.69) is 15.3 Å². The molecule has 1 unspecified atom stereocenters. The Morgan fingerprint density at radius 1 is 1.44 bits per heavy atom. The number of hydrogen-bond acceptors (Lipinski definition) is 4. The van der Waals surface area contributed by atoms with Crippen LogP contribution < -0.4 is 0 Å². The quantitative estimate of drug-likeness (QED) is 0.892. The second kappa shape index (κ2) is 4.95. The molecule has 0 aromatic carbocycles. The third-order valence-corrected chi connectivity index (χ3v) is 2.86. The molecule has 2 heterocycles. The molecule has 0 aliphatic heterocycles. The molecule has 2 rings (SSSR count). The van der Waals surface area contributed by atoms with Crippen molar-refractivity contribution in [1.82, 2.24) is 20.0 Å². The van der Waals surface area contributed by atoms with Gasteiger partial charge in [0, 0.05) is 18.0 Å². The number of carbonyl (C=O) groups is 1. The van der Waals surface area contributed by atoms with E-state index in [1.165, 1.54) is 0 Å². The number of aromatic carboxylic acids is 1. The highest BCUT2D eigenvalue weighted by Crippen LogP contribution is 2.25. The Kier molecular flexibility index (Phi) is 3.36. The van der Waals surface area contributed by atoms with Crippen LogP contribution in [0, 0.1) is 0 Å². The lowest BCUT2D eigenvalue weighted by atomic mass is 10.1. The molecular weight excluding hydrogens is 232 g/mol. The van der Waals surface area contributed by atoms with Gasteiger partial charge in [0.05, 0.1) is 6.04 Å². The molecule has 0 bridgehead atoms. The fourth-order valence-corrected chi connectivity index (χ4v) is 1.70. The highest BCUT2D eigenvalue weighted by molar-refractivity contribution is 5.92. The molecule has 0 fully saturated rings. The molecule has 0 aliphatic rings. The molecule has 2 aromatic rings. The predicted molar refractivity (Wildman–Crippen MR) is 65.2 cm³/mol. The largest absolute Gasteiger partial charge is 0.476 e. The molecule has 6 nitrogen and oxygen atoms in total. The zero-order valence-corrected chi connectivity index (χ0v) is 10.2. The van der Waals surface area contributed by atoms with Crippen LogP contribution in [-0.2, 0) is 0 Å². The Morgan fingerprint density at radius 2 is 2.11 bits per heavy atom. The summed E-state index contributed by atoms with van der Waals surface area (Å²) >= 11 is 0. The van der Waals surface area contributed by atoms with Crippen LogP contribution in [0.25, 0.3) is 11.3 Å². The monoisotopic (exact) mass is 246 g/mol. The zero-order valence-electron chi connectivity index (χ0n) is 10.2. The van der Waals surface area contributed by atoms with Crippen molar-refractivity contribution in [3.8, 4) is 11.3 Å². The van der Waals surface area contributed by atoms with Gasteiger partial charge in [-0.2, -0.15) is 0 Å². The summed E-state index contributed by atoms with van der Waals surface area (Å²) < 4.78 is 1.65. The minimum Gasteiger partial charge on any atom is -0.476 e. The van der Waals surface area contributed by atoms with Crippen molar-refractivity contribution in [2.45, 2.75) is 26.3 Å². The van der Waals surface area contributed by atoms with Crippen LogP contribution in [0.5, 0.6) is 0 Å². The minimum absolute atomic E-state index is 0.0264. The highest BCUT2D eigenvalue weighted by Gasteiger charge is 2.22. The Hall–Kier alpha value is -2.24. The summed E-state index contributed by atoms with van der Waals surface area (Å²) in [5, 5.41) is 16.9. The van der Waals surface area contributed by atoms with Crippen molar-refractivity contribution < 1.29 is 9.90 Å². The summed E-state index contributed by atoms with van der Waals surface area (Å²) in [7, 11) is 0. The van der Waals surface area contributed by atoms with Gasteiger partial charge in [-0.25, -0.2) is 9.48 Å². The average molecular weight is 246 g/mol. The van der Waals surface area contributed by atoms with Crippen LogP contribution in [0.3, 0.4) is 0 Å². The van der Waals surface area contributed by atoms with Crippen LogP contribution in [0.1, 0.15) is 36.8 Å². The van der Waals surface area contributed by atoms with E-state index < -0.39 is 5.97 Å². The van der Waals surface area contributed by atoms with Crippen LogP contribution >= 0.6 is 0 Å². The predicted octanol–water partition coefficient (Wildman–Crippen LogP) is 2.01. The van der Waals surface area contributed by atoms with Gasteiger partial charge in [0.1, 0.15) is 5.69 Å². The molecule has 0 spiro atoms. The van der Waals surface area contributed by atoms with Crippen LogP contribution in [0.15, 0.2) is 24.5 Å². The first kappa shape index (κ1) is 12.2. The number of hydrogen-bond donors (Lipinski definition) is 1. The van der Waals surface area contributed by atoms with E-state index in [1.807, 2.05) is 13.8 Å². The fourth-order valence-electron chi connectivity index (χ4n) is 1.70. The molecule has 1 atom stereocenters. The Balaban J connectivity index is 2.61. The average Bonchev–Trinajstić information content (AvgIpc) is 2.83. The Labute approximate surface area is 104 Å². The standard InChI is InChI=1S/C12H14N4O2/c1-3-8(2)16-11(9-4-6-13-7-5-9)10(12(17)18)14-15-16/h4-8H,3H2,1-2H3,(H,17,18). The molecule has 6 heteroatoms. The van der Waals surface area contributed by atoms with E-state index in [0.29, 0.717) is 5.69 Å². The van der Waals surface area contributed by atoms with Gasteiger partial charge in [0.15, 0.2) is 5.69 Å². The number of aromatic nitrogens is 4. The molecule has 0 saturated carbocycles. The van der Waals surface area contributed by atoms with Crippen LogP contribution in [0.2, 0.25) is 0 Å². The molecule has 1 N–H and O–H groups in total. The topological polar surface area (TPSA) is 80.9 Å². The van der Waals surface area contributed by atoms with Crippen LogP contribution in [0.4, 0.5) is 0 Å². The van der Waals surface area contributed by atoms with Crippen molar-refractivity contribution in [2.75, 3.05) is 0 Å². The lowest BCUT2D eigenvalue weighted by Crippen LogP contribution is -2.09. The molecule has 2 aromatic heterocycles. The lowest BCUT2D eigenvalue weighted by molar-refractivity contribution is 0.0691. The Morgan fingerprint density at radius 3 is 2.67 bits per heavy atom. The number of carboxylic acids is 1. The number of nitrogens with zero attached hydrogens (tertiary/aromatic N) is 4. The maximum absolute atomic E-state index is 11.2. The first-order valence-corrected chi connectivity index (χ1v) is 5.74. The van der Waals surface area contributed by atoms with Gasteiger partial charge in [0.25, 0.3) is 0 Å². The molecule has 18 heavy (non-hydrogen) atoms. The SMILES string of the molecule is CCC(C)n1nnc(C(=O)O)c1-c1ccncc1. The normalized spacial score (nSPS) is 12.3. The van der Waals surface area contributed by atoms with Crippen molar-refractivity contribution in [3.63, 3.8) is 0 Å². The highest BCUT2D eigenvalue weighted by atomic mass is 16.4. The van der Waals surface area contributed by atoms with Crippen molar-refractivity contribution in [1.29, 1.82) is 0 Å². The Bertz CT molecular complexity index is 550. The van der Waals surface area contributed by atoms with Crippen LogP contribution in [-0.4, -0.2) is 31.1 Å². The fraction of sp³-hybridized carbons (Fsp3) is 0.333. The summed E-state index contributed by atoms with van der Waals surface area (Å²) in [5.41, 5.74) is 1.26. The van der Waals surface area contributed by atoms with E-state index >= 15 is 0 Å². The second-order valence-corrected chi connectivity index (χ2v) is 4.03. The zero-order chi connectivity index (χ0) is 13.1. The van der Waals surface area contributed by atoms with Gasteiger partial charge < -0.3 is 5.11 Å². The maximum Gasteiger partial charge on any atom is 0.358 e. The number of pyridine rings is 1. The van der Waals surface area contributed by atoms with Crippen molar-refractivity contribution in [2.24, 2.45) is 0 Å². The first-order valence-electron chi connectivity index (χ1n) is 5.74. The van der Waals surface area contributed by atoms with Crippen molar-refractivity contribution >= 4 is 5.97 Å². The molecule has 0 saturated heterocycles. The molecular formula is C12H14N4O2. The minimum atomic E-state index is -1.07. The van der Waals surface area contributed by atoms with Gasteiger partial charge in [-0.1, -0.05) is 12.1 Å². The molecule has 0 amide bonds. The van der Waals surface area contributed by atoms with Crippen molar-refractivity contribution in [3.05, 3.63) is 30.2 Å². The van der Waals surface area contributed by atoms with Gasteiger partial charge >= 0.3 is 5.97 Å². The molecule has 0 radical (unpaired) electrons. The molecule has 0 aliphatic carbocycles. The van der Waals surface area contributed by atoms with Gasteiger partial charge in [-0.05, 0) is 25.5 Å². The summed E-state index contributed by atoms with van der Waals surface area (Å²) in [6.45, 7) is 3.99.